The molecule has 0 saturated heterocycles. The van der Waals surface area contributed by atoms with Crippen molar-refractivity contribution in [3.8, 4) is 0 Å². The van der Waals surface area contributed by atoms with Crippen LogP contribution in [0.1, 0.15) is 13.8 Å². The molecule has 0 aliphatic heterocycles. The van der Waals surface area contributed by atoms with Crippen molar-refractivity contribution in [1.29, 1.82) is 0 Å². The summed E-state index contributed by atoms with van der Waals surface area (Å²) in [6.07, 6.45) is -0.167. The molecule has 0 bridgehead atoms. The molecule has 0 amide bonds. The zero-order chi connectivity index (χ0) is 17.4. The van der Waals surface area contributed by atoms with Crippen molar-refractivity contribution in [3.05, 3.63) is 91.0 Å². The molecule has 0 saturated carbocycles. The Morgan fingerprint density at radius 3 is 1.00 bits per heavy atom. The molecule has 0 unspecified atom stereocenters. The van der Waals surface area contributed by atoms with Crippen LogP contribution in [0, 0.1) is 35.6 Å². The number of aliphatic hydroxyl groups is 1. The van der Waals surface area contributed by atoms with Gasteiger partial charge in [-0.2, -0.15) is 0 Å². The molecule has 27 heavy (non-hydrogen) atoms. The first-order valence-electron chi connectivity index (χ1n) is 8.00. The van der Waals surface area contributed by atoms with E-state index in [1.54, 1.807) is 13.8 Å². The molecule has 0 atom stereocenters. The standard InChI is InChI=1S/C18H15AsO.C3H8O.La.2H2O/c20-19(16-10-4-1-5-11-16,17-12-6-2-7-13-17)18-14-8-3-9-15-18;1-3(2)4;;;/h1-15H;3-4H,1-2H3;;2*1H2. The van der Waals surface area contributed by atoms with E-state index in [2.05, 4.69) is 0 Å². The maximum absolute atomic E-state index is 13.9. The van der Waals surface area contributed by atoms with Gasteiger partial charge in [0.15, 0.2) is 0 Å². The minimum Gasteiger partial charge on any atom is 0 e. The molecular weight excluding hydrogens is 530 g/mol. The van der Waals surface area contributed by atoms with Crippen molar-refractivity contribution in [2.75, 3.05) is 0 Å². The van der Waals surface area contributed by atoms with Crippen LogP contribution in [0.25, 0.3) is 0 Å². The van der Waals surface area contributed by atoms with Crippen LogP contribution in [0.15, 0.2) is 91.0 Å². The van der Waals surface area contributed by atoms with E-state index in [0.717, 1.165) is 13.1 Å². The van der Waals surface area contributed by atoms with Crippen molar-refractivity contribution in [1.82, 2.24) is 0 Å². The molecule has 143 valence electrons. The first-order valence-corrected chi connectivity index (χ1v) is 11.6. The summed E-state index contributed by atoms with van der Waals surface area (Å²) in [5.41, 5.74) is 0. The Kier molecular flexibility index (Phi) is 14.8. The van der Waals surface area contributed by atoms with Gasteiger partial charge in [0.1, 0.15) is 0 Å². The van der Waals surface area contributed by atoms with Gasteiger partial charge >= 0.3 is 121 Å². The van der Waals surface area contributed by atoms with E-state index in [9.17, 15) is 3.74 Å². The second kappa shape index (κ2) is 14.1. The Morgan fingerprint density at radius 2 is 0.815 bits per heavy atom. The van der Waals surface area contributed by atoms with E-state index in [1.165, 1.54) is 0 Å². The number of hydrogen-bond donors (Lipinski definition) is 1. The average Bonchev–Trinajstić information content (AvgIpc) is 2.63. The normalized spacial score (nSPS) is 9.63. The quantitative estimate of drug-likeness (QED) is 0.483. The van der Waals surface area contributed by atoms with Crippen LogP contribution in [0.2, 0.25) is 0 Å². The molecule has 0 spiro atoms. The molecule has 4 nitrogen and oxygen atoms in total. The molecule has 0 heterocycles. The summed E-state index contributed by atoms with van der Waals surface area (Å²) in [5.74, 6) is 0. The molecule has 6 heteroatoms. The van der Waals surface area contributed by atoms with Gasteiger partial charge < -0.3 is 16.1 Å². The van der Waals surface area contributed by atoms with Crippen molar-refractivity contribution in [3.63, 3.8) is 0 Å². The Balaban J connectivity index is 0. The largest absolute Gasteiger partial charge is 0 e. The molecule has 3 aromatic rings. The van der Waals surface area contributed by atoms with Crippen LogP contribution >= 0.6 is 0 Å². The second-order valence-corrected chi connectivity index (χ2v) is 11.5. The Morgan fingerprint density at radius 1 is 0.630 bits per heavy atom. The third kappa shape index (κ3) is 7.92. The van der Waals surface area contributed by atoms with Gasteiger partial charge in [-0.05, 0) is 13.8 Å². The SMILES string of the molecule is CC(C)O.O.O.O=[As](c1ccccc1)(c1ccccc1)c1ccccc1.[La]. The van der Waals surface area contributed by atoms with Crippen LogP contribution < -0.4 is 13.1 Å². The van der Waals surface area contributed by atoms with Gasteiger partial charge in [0.25, 0.3) is 0 Å². The minimum atomic E-state index is -3.54. The third-order valence-corrected chi connectivity index (χ3v) is 9.81. The fraction of sp³-hybridized carbons (Fsp3) is 0.143. The zero-order valence-corrected chi connectivity index (χ0v) is 21.1. The van der Waals surface area contributed by atoms with Gasteiger partial charge in [-0.3, -0.25) is 0 Å². The molecule has 5 N–H and O–H groups in total. The molecule has 1 radical (unpaired) electrons. The number of aliphatic hydroxyl groups excluding tert-OH is 1. The number of benzene rings is 3. The van der Waals surface area contributed by atoms with E-state index in [4.69, 9.17) is 5.11 Å². The van der Waals surface area contributed by atoms with Crippen molar-refractivity contribution in [2.24, 2.45) is 0 Å². The van der Waals surface area contributed by atoms with E-state index in [-0.39, 0.29) is 52.7 Å². The van der Waals surface area contributed by atoms with Gasteiger partial charge in [0.2, 0.25) is 0 Å². The first kappa shape index (κ1) is 28.3. The molecule has 3 rings (SSSR count). The fourth-order valence-corrected chi connectivity index (χ4v) is 7.96. The summed E-state index contributed by atoms with van der Waals surface area (Å²) in [5, 5.41) is 8.06. The maximum Gasteiger partial charge on any atom is 0 e. The summed E-state index contributed by atoms with van der Waals surface area (Å²) in [6, 6.07) is 29.4. The fourth-order valence-electron chi connectivity index (χ4n) is 2.36. The minimum absolute atomic E-state index is 0. The molecule has 0 aromatic heterocycles. The van der Waals surface area contributed by atoms with Gasteiger partial charge in [-0.1, -0.05) is 0 Å². The monoisotopic (exact) mass is 557 g/mol. The molecular formula is C21H27AsLaO4. The molecule has 0 aliphatic rings. The van der Waals surface area contributed by atoms with Gasteiger partial charge in [-0.25, -0.2) is 0 Å². The predicted molar refractivity (Wildman–Crippen MR) is 109 cm³/mol. The zero-order valence-electron chi connectivity index (χ0n) is 15.6. The summed E-state index contributed by atoms with van der Waals surface area (Å²) >= 11 is -3.54. The molecule has 0 fully saturated rings. The smallest absolute Gasteiger partial charge is 0 e. The Bertz CT molecular complexity index is 675. The Hall–Kier alpha value is -0.907. The summed E-state index contributed by atoms with van der Waals surface area (Å²) in [4.78, 5) is 0. The van der Waals surface area contributed by atoms with Crippen LogP contribution in [0.4, 0.5) is 0 Å². The maximum atomic E-state index is 13.9. The van der Waals surface area contributed by atoms with E-state index >= 15 is 0 Å². The topological polar surface area (TPSA) is 100 Å². The van der Waals surface area contributed by atoms with Crippen molar-refractivity contribution in [2.45, 2.75) is 20.0 Å². The molecule has 0 aliphatic carbocycles. The van der Waals surface area contributed by atoms with Gasteiger partial charge in [0.05, 0.1) is 0 Å². The summed E-state index contributed by atoms with van der Waals surface area (Å²) in [6.45, 7) is 3.44. The van der Waals surface area contributed by atoms with Crippen LogP contribution in [0.5, 0.6) is 0 Å². The number of rotatable bonds is 3. The molecule has 3 aromatic carbocycles. The Labute approximate surface area is 191 Å². The van der Waals surface area contributed by atoms with E-state index in [1.807, 2.05) is 91.0 Å². The van der Waals surface area contributed by atoms with Crippen molar-refractivity contribution < 1.29 is 55.4 Å². The number of hydrogen-bond acceptors (Lipinski definition) is 2. The van der Waals surface area contributed by atoms with Crippen LogP contribution in [-0.4, -0.2) is 35.7 Å². The van der Waals surface area contributed by atoms with E-state index in [0.29, 0.717) is 0 Å². The summed E-state index contributed by atoms with van der Waals surface area (Å²) < 4.78 is 16.7. The van der Waals surface area contributed by atoms with Gasteiger partial charge in [0, 0.05) is 41.7 Å². The summed E-state index contributed by atoms with van der Waals surface area (Å²) in [7, 11) is 0. The van der Waals surface area contributed by atoms with E-state index < -0.39 is 13.5 Å². The first-order chi connectivity index (χ1) is 11.5. The van der Waals surface area contributed by atoms with Crippen molar-refractivity contribution >= 4 is 26.5 Å². The van der Waals surface area contributed by atoms with Gasteiger partial charge in [-0.15, -0.1) is 0 Å². The van der Waals surface area contributed by atoms with Crippen LogP contribution in [0.3, 0.4) is 0 Å². The second-order valence-electron chi connectivity index (χ2n) is 5.71. The van der Waals surface area contributed by atoms with Crippen LogP contribution in [-0.2, 0) is 3.74 Å². The third-order valence-electron chi connectivity index (χ3n) is 3.36. The predicted octanol–water partition coefficient (Wildman–Crippen LogP) is 0.822. The average molecular weight is 557 g/mol.